The lowest BCUT2D eigenvalue weighted by molar-refractivity contribution is -0.138. The van der Waals surface area contributed by atoms with Crippen LogP contribution in [0.1, 0.15) is 18.6 Å². The Balaban J connectivity index is 1.48. The summed E-state index contributed by atoms with van der Waals surface area (Å²) < 4.78 is 15.7. The number of amides is 2. The first-order chi connectivity index (χ1) is 13.6. The molecule has 8 heteroatoms. The molecule has 28 heavy (non-hydrogen) atoms. The second kappa shape index (κ2) is 9.27. The number of carbonyl (C=O) groups is 2. The first-order valence-electron chi connectivity index (χ1n) is 9.08. The summed E-state index contributed by atoms with van der Waals surface area (Å²) in [6.07, 6.45) is 3.21. The van der Waals surface area contributed by atoms with Gasteiger partial charge in [-0.3, -0.25) is 14.4 Å². The third kappa shape index (κ3) is 4.64. The molecule has 1 aromatic heterocycles. The standard InChI is InChI=1S/C20H24N2O6/c1-25-17-8-7-15(12-18(17)26-2)22-13-14(11-19(22)23)20(24)21-28-10-4-6-16-5-3-9-27-16/h3,5,7-9,12,14H,4,6,10-11,13H2,1-2H3,(H,21,24). The number of hydrogen-bond acceptors (Lipinski definition) is 6. The summed E-state index contributed by atoms with van der Waals surface area (Å²) in [4.78, 5) is 31.5. The van der Waals surface area contributed by atoms with Gasteiger partial charge < -0.3 is 18.8 Å². The molecule has 1 saturated heterocycles. The van der Waals surface area contributed by atoms with Crippen molar-refractivity contribution < 1.29 is 28.3 Å². The first kappa shape index (κ1) is 19.8. The third-order valence-electron chi connectivity index (χ3n) is 4.60. The van der Waals surface area contributed by atoms with Crippen LogP contribution in [0.3, 0.4) is 0 Å². The Bertz CT molecular complexity index is 805. The maximum Gasteiger partial charge on any atom is 0.248 e. The van der Waals surface area contributed by atoms with Gasteiger partial charge in [-0.1, -0.05) is 0 Å². The molecule has 0 spiro atoms. The lowest BCUT2D eigenvalue weighted by Gasteiger charge is -2.18. The van der Waals surface area contributed by atoms with Crippen LogP contribution in [-0.4, -0.2) is 39.2 Å². The Hall–Kier alpha value is -3.00. The van der Waals surface area contributed by atoms with E-state index < -0.39 is 5.92 Å². The zero-order valence-electron chi connectivity index (χ0n) is 16.0. The van der Waals surface area contributed by atoms with Gasteiger partial charge in [-0.25, -0.2) is 5.48 Å². The normalized spacial score (nSPS) is 16.3. The minimum atomic E-state index is -0.467. The van der Waals surface area contributed by atoms with E-state index in [4.69, 9.17) is 18.7 Å². The van der Waals surface area contributed by atoms with Crippen LogP contribution in [0.15, 0.2) is 41.0 Å². The summed E-state index contributed by atoms with van der Waals surface area (Å²) >= 11 is 0. The van der Waals surface area contributed by atoms with Crippen molar-refractivity contribution in [1.82, 2.24) is 5.48 Å². The topological polar surface area (TPSA) is 90.2 Å². The smallest absolute Gasteiger partial charge is 0.248 e. The SMILES string of the molecule is COc1ccc(N2CC(C(=O)NOCCCc3ccco3)CC2=O)cc1OC. The number of benzene rings is 1. The Kier molecular flexibility index (Phi) is 6.54. The van der Waals surface area contributed by atoms with Gasteiger partial charge in [-0.15, -0.1) is 0 Å². The van der Waals surface area contributed by atoms with Crippen LogP contribution in [0.2, 0.25) is 0 Å². The van der Waals surface area contributed by atoms with Gasteiger partial charge in [0.25, 0.3) is 0 Å². The largest absolute Gasteiger partial charge is 0.493 e. The van der Waals surface area contributed by atoms with Crippen LogP contribution in [-0.2, 0) is 20.8 Å². The fraction of sp³-hybridized carbons (Fsp3) is 0.400. The molecule has 1 aliphatic rings. The Morgan fingerprint density at radius 2 is 2.07 bits per heavy atom. The predicted molar refractivity (Wildman–Crippen MR) is 101 cm³/mol. The summed E-state index contributed by atoms with van der Waals surface area (Å²) in [5.74, 6) is 1.10. The molecule has 2 amide bonds. The van der Waals surface area contributed by atoms with Crippen LogP contribution < -0.4 is 19.9 Å². The average molecular weight is 388 g/mol. The molecule has 2 heterocycles. The highest BCUT2D eigenvalue weighted by Crippen LogP contribution is 2.34. The number of anilines is 1. The van der Waals surface area contributed by atoms with Gasteiger partial charge in [-0.2, -0.15) is 0 Å². The van der Waals surface area contributed by atoms with Gasteiger partial charge >= 0.3 is 0 Å². The van der Waals surface area contributed by atoms with Crippen molar-refractivity contribution in [2.75, 3.05) is 32.3 Å². The maximum atomic E-state index is 12.4. The van der Waals surface area contributed by atoms with Gasteiger partial charge in [0, 0.05) is 31.1 Å². The lowest BCUT2D eigenvalue weighted by Crippen LogP contribution is -2.33. The number of carbonyl (C=O) groups excluding carboxylic acids is 2. The number of nitrogens with zero attached hydrogens (tertiary/aromatic N) is 1. The van der Waals surface area contributed by atoms with E-state index in [1.807, 2.05) is 12.1 Å². The Labute approximate surface area is 163 Å². The number of nitrogens with one attached hydrogen (secondary N) is 1. The number of methoxy groups -OCH3 is 2. The highest BCUT2D eigenvalue weighted by molar-refractivity contribution is 6.00. The van der Waals surface area contributed by atoms with Gasteiger partial charge in [0.05, 0.1) is 33.0 Å². The number of ether oxygens (including phenoxy) is 2. The summed E-state index contributed by atoms with van der Waals surface area (Å²) in [7, 11) is 3.08. The van der Waals surface area contributed by atoms with Gasteiger partial charge in [-0.05, 0) is 30.7 Å². The number of aryl methyl sites for hydroxylation is 1. The fourth-order valence-electron chi connectivity index (χ4n) is 3.10. The van der Waals surface area contributed by atoms with E-state index in [0.717, 1.165) is 18.6 Å². The molecule has 1 fully saturated rings. The van der Waals surface area contributed by atoms with Crippen LogP contribution in [0, 0.1) is 5.92 Å². The van der Waals surface area contributed by atoms with Crippen molar-refractivity contribution >= 4 is 17.5 Å². The van der Waals surface area contributed by atoms with Crippen LogP contribution in [0.4, 0.5) is 5.69 Å². The molecule has 0 saturated carbocycles. The average Bonchev–Trinajstić information content (AvgIpc) is 3.36. The van der Waals surface area contributed by atoms with Crippen molar-refractivity contribution in [1.29, 1.82) is 0 Å². The molecule has 0 aliphatic carbocycles. The first-order valence-corrected chi connectivity index (χ1v) is 9.08. The van der Waals surface area contributed by atoms with Crippen LogP contribution in [0.5, 0.6) is 11.5 Å². The van der Waals surface area contributed by atoms with Crippen molar-refractivity contribution in [3.8, 4) is 11.5 Å². The number of hydroxylamine groups is 1. The van der Waals surface area contributed by atoms with Crippen molar-refractivity contribution in [3.05, 3.63) is 42.4 Å². The summed E-state index contributed by atoms with van der Waals surface area (Å²) in [5, 5.41) is 0. The van der Waals surface area contributed by atoms with E-state index in [1.165, 1.54) is 7.11 Å². The molecule has 3 rings (SSSR count). The van der Waals surface area contributed by atoms with E-state index in [9.17, 15) is 9.59 Å². The van der Waals surface area contributed by atoms with Gasteiger partial charge in [0.1, 0.15) is 5.76 Å². The molecule has 1 unspecified atom stereocenters. The molecule has 1 atom stereocenters. The van der Waals surface area contributed by atoms with Crippen molar-refractivity contribution in [2.24, 2.45) is 5.92 Å². The number of furan rings is 1. The Morgan fingerprint density at radius 1 is 1.25 bits per heavy atom. The fourth-order valence-corrected chi connectivity index (χ4v) is 3.10. The van der Waals surface area contributed by atoms with Crippen molar-refractivity contribution in [2.45, 2.75) is 19.3 Å². The number of hydrogen-bond donors (Lipinski definition) is 1. The highest BCUT2D eigenvalue weighted by atomic mass is 16.6. The lowest BCUT2D eigenvalue weighted by atomic mass is 10.1. The van der Waals surface area contributed by atoms with E-state index in [1.54, 1.807) is 36.5 Å². The van der Waals surface area contributed by atoms with Gasteiger partial charge in [0.15, 0.2) is 11.5 Å². The summed E-state index contributed by atoms with van der Waals surface area (Å²) in [6.45, 7) is 0.655. The molecular weight excluding hydrogens is 364 g/mol. The van der Waals surface area contributed by atoms with Crippen LogP contribution >= 0.6 is 0 Å². The Morgan fingerprint density at radius 3 is 2.79 bits per heavy atom. The summed E-state index contributed by atoms with van der Waals surface area (Å²) in [5.41, 5.74) is 3.11. The van der Waals surface area contributed by atoms with E-state index in [-0.39, 0.29) is 24.8 Å². The molecule has 1 aromatic carbocycles. The molecule has 1 aliphatic heterocycles. The zero-order chi connectivity index (χ0) is 19.9. The zero-order valence-corrected chi connectivity index (χ0v) is 16.0. The van der Waals surface area contributed by atoms with Crippen LogP contribution in [0.25, 0.3) is 0 Å². The second-order valence-corrected chi connectivity index (χ2v) is 6.44. The molecular formula is C20H24N2O6. The number of rotatable bonds is 9. The third-order valence-corrected chi connectivity index (χ3v) is 4.60. The van der Waals surface area contributed by atoms with Crippen molar-refractivity contribution in [3.63, 3.8) is 0 Å². The molecule has 8 nitrogen and oxygen atoms in total. The maximum absolute atomic E-state index is 12.4. The predicted octanol–water partition coefficient (Wildman–Crippen LogP) is 2.33. The molecule has 0 bridgehead atoms. The molecule has 1 N–H and O–H groups in total. The monoisotopic (exact) mass is 388 g/mol. The minimum absolute atomic E-state index is 0.120. The highest BCUT2D eigenvalue weighted by Gasteiger charge is 2.35. The van der Waals surface area contributed by atoms with E-state index >= 15 is 0 Å². The minimum Gasteiger partial charge on any atom is -0.493 e. The van der Waals surface area contributed by atoms with Gasteiger partial charge in [0.2, 0.25) is 11.8 Å². The molecule has 0 radical (unpaired) electrons. The second-order valence-electron chi connectivity index (χ2n) is 6.44. The molecule has 2 aromatic rings. The van der Waals surface area contributed by atoms with E-state index in [2.05, 4.69) is 5.48 Å². The quantitative estimate of drug-likeness (QED) is 0.524. The van der Waals surface area contributed by atoms with E-state index in [0.29, 0.717) is 23.8 Å². The summed E-state index contributed by atoms with van der Waals surface area (Å²) in [6, 6.07) is 8.95. The molecule has 150 valence electrons.